The Labute approximate surface area is 180 Å². The lowest BCUT2D eigenvalue weighted by atomic mass is 9.97. The van der Waals surface area contributed by atoms with Crippen LogP contribution < -0.4 is 14.8 Å². The van der Waals surface area contributed by atoms with Crippen LogP contribution in [0.2, 0.25) is 5.02 Å². The number of carbonyl (C=O) groups excluding carboxylic acids is 1. The van der Waals surface area contributed by atoms with E-state index in [4.69, 9.17) is 21.1 Å². The predicted octanol–water partition coefficient (Wildman–Crippen LogP) is 2.74. The Morgan fingerprint density at radius 1 is 1.20 bits per heavy atom. The van der Waals surface area contributed by atoms with Crippen molar-refractivity contribution in [3.05, 3.63) is 28.5 Å². The van der Waals surface area contributed by atoms with E-state index in [1.807, 2.05) is 0 Å². The van der Waals surface area contributed by atoms with Gasteiger partial charge in [0.2, 0.25) is 15.9 Å². The molecule has 1 aliphatic heterocycles. The molecule has 1 aliphatic rings. The lowest BCUT2D eigenvalue weighted by molar-refractivity contribution is -0.120. The molecule has 0 radical (unpaired) electrons. The van der Waals surface area contributed by atoms with Crippen molar-refractivity contribution in [1.82, 2.24) is 14.5 Å². The minimum atomic E-state index is -3.66. The Morgan fingerprint density at radius 3 is 2.37 bits per heavy atom. The summed E-state index contributed by atoms with van der Waals surface area (Å²) in [7, 11) is -0.675. The van der Waals surface area contributed by atoms with Gasteiger partial charge in [-0.2, -0.15) is 9.40 Å². The van der Waals surface area contributed by atoms with E-state index in [-0.39, 0.29) is 29.8 Å². The summed E-state index contributed by atoms with van der Waals surface area (Å²) in [5.74, 6) is 0.334. The topological polar surface area (TPSA) is 114 Å². The van der Waals surface area contributed by atoms with Crippen molar-refractivity contribution in [2.24, 2.45) is 5.92 Å². The van der Waals surface area contributed by atoms with Gasteiger partial charge in [-0.05, 0) is 32.8 Å². The highest BCUT2D eigenvalue weighted by atomic mass is 35.5. The van der Waals surface area contributed by atoms with Crippen molar-refractivity contribution in [2.75, 3.05) is 32.6 Å². The van der Waals surface area contributed by atoms with E-state index in [0.717, 1.165) is 0 Å². The van der Waals surface area contributed by atoms with Gasteiger partial charge in [0.1, 0.15) is 16.4 Å². The maximum atomic E-state index is 13.0. The number of benzene rings is 1. The zero-order valence-electron chi connectivity index (χ0n) is 17.3. The Morgan fingerprint density at radius 2 is 1.83 bits per heavy atom. The molecule has 9 nitrogen and oxygen atoms in total. The zero-order valence-corrected chi connectivity index (χ0v) is 18.9. The van der Waals surface area contributed by atoms with Crippen LogP contribution in [0.15, 0.2) is 17.0 Å². The van der Waals surface area contributed by atoms with Crippen molar-refractivity contribution in [1.29, 1.82) is 0 Å². The molecule has 30 heavy (non-hydrogen) atoms. The van der Waals surface area contributed by atoms with Crippen LogP contribution in [0, 0.1) is 19.8 Å². The summed E-state index contributed by atoms with van der Waals surface area (Å²) in [4.78, 5) is 13.0. The van der Waals surface area contributed by atoms with Gasteiger partial charge in [0.05, 0.1) is 36.3 Å². The largest absolute Gasteiger partial charge is 0.495 e. The molecule has 2 N–H and O–H groups in total. The number of nitrogens with one attached hydrogen (secondary N) is 2. The number of rotatable bonds is 6. The molecule has 0 bridgehead atoms. The van der Waals surface area contributed by atoms with Crippen molar-refractivity contribution >= 4 is 33.2 Å². The summed E-state index contributed by atoms with van der Waals surface area (Å²) >= 11 is 6.16. The molecule has 0 aliphatic carbocycles. The highest BCUT2D eigenvalue weighted by Crippen LogP contribution is 2.36. The molecule has 1 saturated heterocycles. The summed E-state index contributed by atoms with van der Waals surface area (Å²) in [5, 5.41) is 9.87. The van der Waals surface area contributed by atoms with Gasteiger partial charge in [0.25, 0.3) is 0 Å². The first-order chi connectivity index (χ1) is 14.2. The van der Waals surface area contributed by atoms with Gasteiger partial charge < -0.3 is 14.8 Å². The second-order valence-corrected chi connectivity index (χ2v) is 9.40. The fraction of sp³-hybridized carbons (Fsp3) is 0.474. The van der Waals surface area contributed by atoms with E-state index in [1.54, 1.807) is 26.0 Å². The van der Waals surface area contributed by atoms with E-state index < -0.39 is 10.0 Å². The Kier molecular flexibility index (Phi) is 6.59. The first-order valence-electron chi connectivity index (χ1n) is 9.43. The number of amides is 1. The number of methoxy groups -OCH3 is 2. The number of aryl methyl sites for hydroxylation is 2. The lowest BCUT2D eigenvalue weighted by Gasteiger charge is -2.30. The smallest absolute Gasteiger partial charge is 0.246 e. The molecule has 1 amide bonds. The van der Waals surface area contributed by atoms with Gasteiger partial charge >= 0.3 is 0 Å². The number of H-pyrrole nitrogens is 1. The van der Waals surface area contributed by atoms with Crippen LogP contribution in [0.25, 0.3) is 0 Å². The van der Waals surface area contributed by atoms with Gasteiger partial charge in [0.15, 0.2) is 0 Å². The molecular weight excluding hydrogens is 432 g/mol. The normalized spacial score (nSPS) is 15.8. The maximum Gasteiger partial charge on any atom is 0.246 e. The zero-order chi connectivity index (χ0) is 22.1. The molecule has 0 atom stereocenters. The van der Waals surface area contributed by atoms with Crippen LogP contribution in [0.3, 0.4) is 0 Å². The van der Waals surface area contributed by atoms with Crippen LogP contribution in [0.1, 0.15) is 24.2 Å². The lowest BCUT2D eigenvalue weighted by Crippen LogP contribution is -2.41. The Balaban J connectivity index is 1.68. The maximum absolute atomic E-state index is 13.0. The van der Waals surface area contributed by atoms with Gasteiger partial charge in [-0.25, -0.2) is 8.42 Å². The molecule has 1 fully saturated rings. The molecule has 164 valence electrons. The van der Waals surface area contributed by atoms with Crippen molar-refractivity contribution in [3.8, 4) is 11.5 Å². The number of nitrogens with zero attached hydrogens (tertiary/aromatic N) is 2. The van der Waals surface area contributed by atoms with Crippen LogP contribution in [-0.2, 0) is 14.8 Å². The van der Waals surface area contributed by atoms with Crippen LogP contribution in [0.4, 0.5) is 5.69 Å². The molecular formula is C19H25ClN4O5S. The standard InChI is InChI=1S/C19H25ClN4O5S/c1-11-18(12(2)23-22-11)30(26,27)24-7-5-13(6-8-24)19(25)21-15-9-14(20)16(28-3)10-17(15)29-4/h9-10,13H,5-8H2,1-4H3,(H,21,25)(H,22,23). The summed E-state index contributed by atoms with van der Waals surface area (Å²) < 4.78 is 37.8. The summed E-state index contributed by atoms with van der Waals surface area (Å²) in [6, 6.07) is 3.17. The highest BCUT2D eigenvalue weighted by molar-refractivity contribution is 7.89. The molecule has 11 heteroatoms. The summed E-state index contributed by atoms with van der Waals surface area (Å²) in [6.45, 7) is 3.85. The molecule has 2 aromatic rings. The van der Waals surface area contributed by atoms with Gasteiger partial charge in [-0.3, -0.25) is 9.89 Å². The molecule has 3 rings (SSSR count). The number of anilines is 1. The van der Waals surface area contributed by atoms with Crippen molar-refractivity contribution < 1.29 is 22.7 Å². The monoisotopic (exact) mass is 456 g/mol. The van der Waals surface area contributed by atoms with Crippen LogP contribution >= 0.6 is 11.6 Å². The van der Waals surface area contributed by atoms with E-state index in [9.17, 15) is 13.2 Å². The number of sulfonamides is 1. The minimum absolute atomic E-state index is 0.206. The molecule has 1 aromatic carbocycles. The second-order valence-electron chi connectivity index (χ2n) is 7.12. The third kappa shape index (κ3) is 4.26. The van der Waals surface area contributed by atoms with Gasteiger partial charge in [0, 0.05) is 25.1 Å². The van der Waals surface area contributed by atoms with Crippen molar-refractivity contribution in [3.63, 3.8) is 0 Å². The fourth-order valence-corrected chi connectivity index (χ4v) is 5.64. The molecule has 0 spiro atoms. The number of carbonyl (C=O) groups is 1. The minimum Gasteiger partial charge on any atom is -0.495 e. The molecule has 0 unspecified atom stereocenters. The quantitative estimate of drug-likeness (QED) is 0.690. The average molecular weight is 457 g/mol. The Hall–Kier alpha value is -2.30. The fourth-order valence-electron chi connectivity index (χ4n) is 3.60. The summed E-state index contributed by atoms with van der Waals surface area (Å²) in [6.07, 6.45) is 0.820. The number of halogens is 1. The predicted molar refractivity (Wildman–Crippen MR) is 113 cm³/mol. The molecule has 0 saturated carbocycles. The SMILES string of the molecule is COc1cc(OC)c(NC(=O)C2CCN(S(=O)(=O)c3c(C)n[nH]c3C)CC2)cc1Cl. The first-order valence-corrected chi connectivity index (χ1v) is 11.2. The number of hydrogen-bond acceptors (Lipinski definition) is 6. The number of ether oxygens (including phenoxy) is 2. The van der Waals surface area contributed by atoms with E-state index >= 15 is 0 Å². The van der Waals surface area contributed by atoms with E-state index in [2.05, 4.69) is 15.5 Å². The van der Waals surface area contributed by atoms with Gasteiger partial charge in [-0.15, -0.1) is 0 Å². The number of piperidine rings is 1. The van der Waals surface area contributed by atoms with Crippen LogP contribution in [-0.4, -0.2) is 56.1 Å². The second kappa shape index (κ2) is 8.83. The number of aromatic nitrogens is 2. The highest BCUT2D eigenvalue weighted by Gasteiger charge is 2.34. The van der Waals surface area contributed by atoms with E-state index in [0.29, 0.717) is 46.4 Å². The van der Waals surface area contributed by atoms with Crippen LogP contribution in [0.5, 0.6) is 11.5 Å². The van der Waals surface area contributed by atoms with Gasteiger partial charge in [-0.1, -0.05) is 11.6 Å². The third-order valence-corrected chi connectivity index (χ3v) is 7.67. The van der Waals surface area contributed by atoms with E-state index in [1.165, 1.54) is 18.5 Å². The number of aromatic amines is 1. The molecule has 2 heterocycles. The Bertz CT molecular complexity index is 1030. The number of hydrogen-bond donors (Lipinski definition) is 2. The third-order valence-electron chi connectivity index (χ3n) is 5.21. The molecule has 1 aromatic heterocycles. The first kappa shape index (κ1) is 22.4. The van der Waals surface area contributed by atoms with Crippen molar-refractivity contribution in [2.45, 2.75) is 31.6 Å². The average Bonchev–Trinajstić information content (AvgIpc) is 3.07. The summed E-state index contributed by atoms with van der Waals surface area (Å²) in [5.41, 5.74) is 1.39.